The molecule has 0 aliphatic carbocycles. The zero-order valence-electron chi connectivity index (χ0n) is 12.1. The van der Waals surface area contributed by atoms with E-state index in [9.17, 15) is 0 Å². The number of ether oxygens (including phenoxy) is 1. The number of nitrogens with one attached hydrogen (secondary N) is 1. The highest BCUT2D eigenvalue weighted by Gasteiger charge is 2.20. The predicted octanol–water partition coefficient (Wildman–Crippen LogP) is 2.66. The molecule has 0 atom stereocenters. The SMILES string of the molecule is COc1cccc(-n2ncc(C3CCNCC3)c2C)c1. The maximum absolute atomic E-state index is 5.29. The Kier molecular flexibility index (Phi) is 3.74. The van der Waals surface area contributed by atoms with Crippen LogP contribution in [0, 0.1) is 6.92 Å². The van der Waals surface area contributed by atoms with E-state index in [0.29, 0.717) is 5.92 Å². The van der Waals surface area contributed by atoms with E-state index in [1.807, 2.05) is 29.1 Å². The van der Waals surface area contributed by atoms with Crippen LogP contribution in [0.4, 0.5) is 0 Å². The van der Waals surface area contributed by atoms with E-state index in [1.54, 1.807) is 7.11 Å². The van der Waals surface area contributed by atoms with Gasteiger partial charge in [0.1, 0.15) is 5.75 Å². The Bertz CT molecular complexity index is 585. The molecule has 4 nitrogen and oxygen atoms in total. The predicted molar refractivity (Wildman–Crippen MR) is 79.7 cm³/mol. The zero-order chi connectivity index (χ0) is 13.9. The van der Waals surface area contributed by atoms with Crippen LogP contribution >= 0.6 is 0 Å². The highest BCUT2D eigenvalue weighted by molar-refractivity contribution is 5.41. The molecule has 0 unspecified atom stereocenters. The maximum Gasteiger partial charge on any atom is 0.121 e. The lowest BCUT2D eigenvalue weighted by Crippen LogP contribution is -2.26. The Balaban J connectivity index is 1.92. The van der Waals surface area contributed by atoms with Gasteiger partial charge in [-0.25, -0.2) is 4.68 Å². The van der Waals surface area contributed by atoms with Gasteiger partial charge in [0.15, 0.2) is 0 Å². The van der Waals surface area contributed by atoms with E-state index >= 15 is 0 Å². The fourth-order valence-electron chi connectivity index (χ4n) is 2.96. The van der Waals surface area contributed by atoms with Gasteiger partial charge in [-0.2, -0.15) is 5.10 Å². The summed E-state index contributed by atoms with van der Waals surface area (Å²) in [6.45, 7) is 4.37. The molecular formula is C16H21N3O. The Morgan fingerprint density at radius 3 is 2.85 bits per heavy atom. The summed E-state index contributed by atoms with van der Waals surface area (Å²) in [6, 6.07) is 8.04. The molecule has 0 amide bonds. The standard InChI is InChI=1S/C16H21N3O/c1-12-16(13-6-8-17-9-7-13)11-18-19(12)14-4-3-5-15(10-14)20-2/h3-5,10-11,13,17H,6-9H2,1-2H3. The van der Waals surface area contributed by atoms with Crippen LogP contribution in [0.1, 0.15) is 30.0 Å². The number of nitrogens with zero attached hydrogens (tertiary/aromatic N) is 2. The number of methoxy groups -OCH3 is 1. The Morgan fingerprint density at radius 2 is 2.10 bits per heavy atom. The van der Waals surface area contributed by atoms with Gasteiger partial charge >= 0.3 is 0 Å². The molecule has 1 aromatic carbocycles. The molecule has 1 aliphatic rings. The number of hydrogen-bond acceptors (Lipinski definition) is 3. The number of aromatic nitrogens is 2. The quantitative estimate of drug-likeness (QED) is 0.933. The fourth-order valence-corrected chi connectivity index (χ4v) is 2.96. The molecule has 0 radical (unpaired) electrons. The molecule has 4 heteroatoms. The first-order valence-electron chi connectivity index (χ1n) is 7.19. The molecule has 2 heterocycles. The second-order valence-corrected chi connectivity index (χ2v) is 5.32. The third kappa shape index (κ3) is 2.43. The summed E-state index contributed by atoms with van der Waals surface area (Å²) in [5, 5.41) is 7.99. The van der Waals surface area contributed by atoms with Crippen LogP contribution < -0.4 is 10.1 Å². The van der Waals surface area contributed by atoms with Crippen molar-refractivity contribution in [2.45, 2.75) is 25.7 Å². The summed E-state index contributed by atoms with van der Waals surface area (Å²) in [5.41, 5.74) is 3.68. The molecule has 2 aromatic rings. The van der Waals surface area contributed by atoms with Crippen molar-refractivity contribution in [2.75, 3.05) is 20.2 Å². The number of rotatable bonds is 3. The van der Waals surface area contributed by atoms with Gasteiger partial charge in [0.05, 0.1) is 19.0 Å². The smallest absolute Gasteiger partial charge is 0.121 e. The van der Waals surface area contributed by atoms with Crippen LogP contribution in [0.5, 0.6) is 5.75 Å². The van der Waals surface area contributed by atoms with Crippen molar-refractivity contribution >= 4 is 0 Å². The Labute approximate surface area is 119 Å². The summed E-state index contributed by atoms with van der Waals surface area (Å²) in [6.07, 6.45) is 4.43. The summed E-state index contributed by atoms with van der Waals surface area (Å²) < 4.78 is 7.30. The number of hydrogen-bond donors (Lipinski definition) is 1. The Morgan fingerprint density at radius 1 is 1.30 bits per heavy atom. The molecule has 1 N–H and O–H groups in total. The van der Waals surface area contributed by atoms with Crippen molar-refractivity contribution in [2.24, 2.45) is 0 Å². The third-order valence-corrected chi connectivity index (χ3v) is 4.12. The van der Waals surface area contributed by atoms with Gasteiger partial charge in [0.25, 0.3) is 0 Å². The molecule has 1 aliphatic heterocycles. The maximum atomic E-state index is 5.29. The number of piperidine rings is 1. The molecule has 0 bridgehead atoms. The highest BCUT2D eigenvalue weighted by atomic mass is 16.5. The minimum absolute atomic E-state index is 0.635. The topological polar surface area (TPSA) is 39.1 Å². The van der Waals surface area contributed by atoms with Crippen LogP contribution in [0.25, 0.3) is 5.69 Å². The minimum Gasteiger partial charge on any atom is -0.497 e. The second kappa shape index (κ2) is 5.67. The lowest BCUT2D eigenvalue weighted by atomic mass is 9.91. The lowest BCUT2D eigenvalue weighted by Gasteiger charge is -2.22. The van der Waals surface area contributed by atoms with Crippen LogP contribution in [0.15, 0.2) is 30.5 Å². The molecule has 1 fully saturated rings. The highest BCUT2D eigenvalue weighted by Crippen LogP contribution is 2.29. The normalized spacial score (nSPS) is 16.3. The van der Waals surface area contributed by atoms with Crippen LogP contribution in [0.2, 0.25) is 0 Å². The van der Waals surface area contributed by atoms with Gasteiger partial charge in [-0.3, -0.25) is 0 Å². The molecule has 1 aromatic heterocycles. The summed E-state index contributed by atoms with van der Waals surface area (Å²) in [5.74, 6) is 1.50. The van der Waals surface area contributed by atoms with Gasteiger partial charge in [-0.1, -0.05) is 6.07 Å². The van der Waals surface area contributed by atoms with Crippen LogP contribution in [-0.4, -0.2) is 30.0 Å². The molecule has 0 spiro atoms. The molecule has 3 rings (SSSR count). The van der Waals surface area contributed by atoms with Crippen molar-refractivity contribution in [1.82, 2.24) is 15.1 Å². The summed E-state index contributed by atoms with van der Waals surface area (Å²) >= 11 is 0. The Hall–Kier alpha value is -1.81. The van der Waals surface area contributed by atoms with Gasteiger partial charge < -0.3 is 10.1 Å². The fraction of sp³-hybridized carbons (Fsp3) is 0.438. The van der Waals surface area contributed by atoms with E-state index < -0.39 is 0 Å². The molecular weight excluding hydrogens is 250 g/mol. The van der Waals surface area contributed by atoms with Crippen LogP contribution in [0.3, 0.4) is 0 Å². The van der Waals surface area contributed by atoms with E-state index in [-0.39, 0.29) is 0 Å². The first-order valence-corrected chi connectivity index (χ1v) is 7.19. The molecule has 1 saturated heterocycles. The first-order chi connectivity index (χ1) is 9.79. The van der Waals surface area contributed by atoms with Crippen molar-refractivity contribution in [3.63, 3.8) is 0 Å². The zero-order valence-corrected chi connectivity index (χ0v) is 12.1. The monoisotopic (exact) mass is 271 g/mol. The average Bonchev–Trinajstić information content (AvgIpc) is 2.90. The van der Waals surface area contributed by atoms with Crippen molar-refractivity contribution in [3.05, 3.63) is 41.7 Å². The summed E-state index contributed by atoms with van der Waals surface area (Å²) in [4.78, 5) is 0. The first kappa shape index (κ1) is 13.2. The van der Waals surface area contributed by atoms with Crippen LogP contribution in [-0.2, 0) is 0 Å². The van der Waals surface area contributed by atoms with E-state index in [1.165, 1.54) is 24.1 Å². The lowest BCUT2D eigenvalue weighted by molar-refractivity contribution is 0.414. The molecule has 0 saturated carbocycles. The molecule has 20 heavy (non-hydrogen) atoms. The van der Waals surface area contributed by atoms with E-state index in [0.717, 1.165) is 24.5 Å². The molecule has 106 valence electrons. The van der Waals surface area contributed by atoms with Gasteiger partial charge in [0.2, 0.25) is 0 Å². The van der Waals surface area contributed by atoms with E-state index in [4.69, 9.17) is 4.74 Å². The van der Waals surface area contributed by atoms with Crippen molar-refractivity contribution in [1.29, 1.82) is 0 Å². The van der Waals surface area contributed by atoms with Gasteiger partial charge in [-0.15, -0.1) is 0 Å². The van der Waals surface area contributed by atoms with Crippen molar-refractivity contribution < 1.29 is 4.74 Å². The van der Waals surface area contributed by atoms with E-state index in [2.05, 4.69) is 23.4 Å². The van der Waals surface area contributed by atoms with Gasteiger partial charge in [-0.05, 0) is 56.5 Å². The average molecular weight is 271 g/mol. The minimum atomic E-state index is 0.635. The third-order valence-electron chi connectivity index (χ3n) is 4.12. The van der Waals surface area contributed by atoms with Crippen molar-refractivity contribution in [3.8, 4) is 11.4 Å². The summed E-state index contributed by atoms with van der Waals surface area (Å²) in [7, 11) is 1.69. The second-order valence-electron chi connectivity index (χ2n) is 5.32. The van der Waals surface area contributed by atoms with Gasteiger partial charge in [0, 0.05) is 11.8 Å². The number of benzene rings is 1. The largest absolute Gasteiger partial charge is 0.497 e.